The maximum atomic E-state index is 12.8. The standard InChI is InChI=1S/C30H31N7O2/c1-19(2)24-6-4-5-7-25(24)28-31-16-27-29(33-28)36(30(39)32-27)17-21-8-10-23(11-9-21)37-15-13-26(34-37)22-12-14-35(18-22)20(3)38/h4-11,13,15-16,19,22H,12,14,17-18H2,1-3H3,(H,32,39). The summed E-state index contributed by atoms with van der Waals surface area (Å²) in [6.45, 7) is 7.80. The van der Waals surface area contributed by atoms with Crippen molar-refractivity contribution in [1.29, 1.82) is 0 Å². The van der Waals surface area contributed by atoms with E-state index in [1.165, 1.54) is 5.56 Å². The molecule has 198 valence electrons. The van der Waals surface area contributed by atoms with Gasteiger partial charge in [-0.05, 0) is 41.7 Å². The summed E-state index contributed by atoms with van der Waals surface area (Å²) in [5.74, 6) is 1.32. The van der Waals surface area contributed by atoms with E-state index in [-0.39, 0.29) is 17.5 Å². The van der Waals surface area contributed by atoms with Gasteiger partial charge in [0.2, 0.25) is 5.91 Å². The molecule has 0 radical (unpaired) electrons. The second-order valence-corrected chi connectivity index (χ2v) is 10.5. The van der Waals surface area contributed by atoms with E-state index in [1.807, 2.05) is 64.3 Å². The number of likely N-dealkylation sites (tertiary alicyclic amines) is 1. The van der Waals surface area contributed by atoms with Crippen molar-refractivity contribution in [3.05, 3.63) is 94.3 Å². The summed E-state index contributed by atoms with van der Waals surface area (Å²) < 4.78 is 3.51. The van der Waals surface area contributed by atoms with Crippen LogP contribution in [-0.4, -0.2) is 53.2 Å². The fourth-order valence-corrected chi connectivity index (χ4v) is 5.35. The summed E-state index contributed by atoms with van der Waals surface area (Å²) in [5.41, 5.74) is 6.04. The molecule has 1 aliphatic heterocycles. The SMILES string of the molecule is CC(=O)N1CCC(c2ccn(-c3ccc(Cn4c(=O)[nH]c5cnc(-c6ccccc6C(C)C)nc54)cc3)n2)C1. The third-order valence-corrected chi connectivity index (χ3v) is 7.54. The van der Waals surface area contributed by atoms with E-state index < -0.39 is 0 Å². The van der Waals surface area contributed by atoms with Crippen LogP contribution in [0.15, 0.2) is 71.8 Å². The summed E-state index contributed by atoms with van der Waals surface area (Å²) in [4.78, 5) is 38.6. The smallest absolute Gasteiger partial charge is 0.328 e. The van der Waals surface area contributed by atoms with Gasteiger partial charge in [0, 0.05) is 37.7 Å². The molecule has 1 fully saturated rings. The average molecular weight is 522 g/mol. The Hall–Kier alpha value is -4.53. The van der Waals surface area contributed by atoms with Crippen LogP contribution in [0.1, 0.15) is 55.8 Å². The van der Waals surface area contributed by atoms with Crippen molar-refractivity contribution < 1.29 is 4.79 Å². The zero-order chi connectivity index (χ0) is 27.1. The Morgan fingerprint density at radius 1 is 1.10 bits per heavy atom. The van der Waals surface area contributed by atoms with Gasteiger partial charge in [-0.1, -0.05) is 50.2 Å². The highest BCUT2D eigenvalue weighted by Crippen LogP contribution is 2.28. The predicted octanol–water partition coefficient (Wildman–Crippen LogP) is 4.48. The van der Waals surface area contributed by atoms with Gasteiger partial charge in [-0.3, -0.25) is 9.36 Å². The van der Waals surface area contributed by atoms with Gasteiger partial charge >= 0.3 is 5.69 Å². The Bertz CT molecular complexity index is 1710. The van der Waals surface area contributed by atoms with Gasteiger partial charge in [0.05, 0.1) is 24.1 Å². The number of fused-ring (bicyclic) bond motifs is 1. The quantitative estimate of drug-likeness (QED) is 0.355. The molecule has 1 saturated heterocycles. The number of amides is 1. The Morgan fingerprint density at radius 2 is 1.90 bits per heavy atom. The first-order chi connectivity index (χ1) is 18.9. The van der Waals surface area contributed by atoms with E-state index in [0.717, 1.165) is 42.0 Å². The Balaban J connectivity index is 1.24. The Morgan fingerprint density at radius 3 is 2.64 bits per heavy atom. The van der Waals surface area contributed by atoms with E-state index in [0.29, 0.717) is 29.5 Å². The molecule has 4 heterocycles. The topological polar surface area (TPSA) is 102 Å². The highest BCUT2D eigenvalue weighted by atomic mass is 16.2. The number of nitrogens with one attached hydrogen (secondary N) is 1. The van der Waals surface area contributed by atoms with Crippen LogP contribution in [0, 0.1) is 0 Å². The van der Waals surface area contributed by atoms with Crippen molar-refractivity contribution >= 4 is 17.1 Å². The van der Waals surface area contributed by atoms with Crippen LogP contribution in [0.25, 0.3) is 28.2 Å². The van der Waals surface area contributed by atoms with Gasteiger partial charge in [0.1, 0.15) is 5.52 Å². The first-order valence-electron chi connectivity index (χ1n) is 13.3. The first kappa shape index (κ1) is 24.8. The second kappa shape index (κ2) is 9.98. The van der Waals surface area contributed by atoms with E-state index >= 15 is 0 Å². The van der Waals surface area contributed by atoms with Gasteiger partial charge in [0.25, 0.3) is 0 Å². The fraction of sp³-hybridized carbons (Fsp3) is 0.300. The summed E-state index contributed by atoms with van der Waals surface area (Å²) in [5, 5.41) is 4.78. The van der Waals surface area contributed by atoms with Crippen LogP contribution in [-0.2, 0) is 11.3 Å². The van der Waals surface area contributed by atoms with Crippen molar-refractivity contribution in [2.24, 2.45) is 0 Å². The number of rotatable bonds is 6. The summed E-state index contributed by atoms with van der Waals surface area (Å²) in [7, 11) is 0. The van der Waals surface area contributed by atoms with Crippen LogP contribution in [0.5, 0.6) is 0 Å². The molecular formula is C30H31N7O2. The molecule has 5 aromatic rings. The van der Waals surface area contributed by atoms with Crippen molar-refractivity contribution in [2.75, 3.05) is 13.1 Å². The molecule has 0 saturated carbocycles. The molecular weight excluding hydrogens is 490 g/mol. The second-order valence-electron chi connectivity index (χ2n) is 10.5. The molecule has 1 atom stereocenters. The molecule has 1 amide bonds. The van der Waals surface area contributed by atoms with Crippen molar-refractivity contribution in [3.8, 4) is 17.1 Å². The zero-order valence-electron chi connectivity index (χ0n) is 22.3. The van der Waals surface area contributed by atoms with Crippen LogP contribution in [0.4, 0.5) is 0 Å². The highest BCUT2D eigenvalue weighted by Gasteiger charge is 2.27. The predicted molar refractivity (Wildman–Crippen MR) is 150 cm³/mol. The van der Waals surface area contributed by atoms with Crippen LogP contribution in [0.3, 0.4) is 0 Å². The summed E-state index contributed by atoms with van der Waals surface area (Å²) >= 11 is 0. The zero-order valence-corrected chi connectivity index (χ0v) is 22.3. The number of H-pyrrole nitrogens is 1. The average Bonchev–Trinajstić information content (AvgIpc) is 3.68. The van der Waals surface area contributed by atoms with E-state index in [9.17, 15) is 9.59 Å². The van der Waals surface area contributed by atoms with Gasteiger partial charge in [-0.25, -0.2) is 19.4 Å². The molecule has 1 unspecified atom stereocenters. The fourth-order valence-electron chi connectivity index (χ4n) is 5.35. The van der Waals surface area contributed by atoms with E-state index in [2.05, 4.69) is 29.9 Å². The third-order valence-electron chi connectivity index (χ3n) is 7.54. The molecule has 1 aliphatic rings. The monoisotopic (exact) mass is 521 g/mol. The number of benzene rings is 2. The molecule has 9 nitrogen and oxygen atoms in total. The van der Waals surface area contributed by atoms with Crippen molar-refractivity contribution in [3.63, 3.8) is 0 Å². The summed E-state index contributed by atoms with van der Waals surface area (Å²) in [6.07, 6.45) is 4.58. The maximum Gasteiger partial charge on any atom is 0.328 e. The third kappa shape index (κ3) is 4.76. The maximum absolute atomic E-state index is 12.8. The number of carbonyl (C=O) groups excluding carboxylic acids is 1. The number of aromatic nitrogens is 6. The number of carbonyl (C=O) groups is 1. The van der Waals surface area contributed by atoms with Crippen LogP contribution in [0.2, 0.25) is 0 Å². The van der Waals surface area contributed by atoms with Gasteiger partial charge < -0.3 is 9.88 Å². The molecule has 39 heavy (non-hydrogen) atoms. The number of nitrogens with zero attached hydrogens (tertiary/aromatic N) is 6. The minimum atomic E-state index is -0.217. The first-order valence-corrected chi connectivity index (χ1v) is 13.3. The number of imidazole rings is 1. The van der Waals surface area contributed by atoms with E-state index in [4.69, 9.17) is 10.1 Å². The van der Waals surface area contributed by atoms with Crippen LogP contribution < -0.4 is 5.69 Å². The van der Waals surface area contributed by atoms with Gasteiger partial charge in [-0.15, -0.1) is 0 Å². The summed E-state index contributed by atoms with van der Waals surface area (Å²) in [6, 6.07) is 18.2. The largest absolute Gasteiger partial charge is 0.342 e. The number of aromatic amines is 1. The molecule has 9 heteroatoms. The van der Waals surface area contributed by atoms with Crippen LogP contribution >= 0.6 is 0 Å². The van der Waals surface area contributed by atoms with Crippen molar-refractivity contribution in [2.45, 2.75) is 45.6 Å². The Labute approximate surface area is 226 Å². The molecule has 0 aliphatic carbocycles. The number of hydrogen-bond donors (Lipinski definition) is 1. The highest BCUT2D eigenvalue weighted by molar-refractivity contribution is 5.74. The molecule has 2 aromatic carbocycles. The van der Waals surface area contributed by atoms with Gasteiger partial charge in [0.15, 0.2) is 11.5 Å². The lowest BCUT2D eigenvalue weighted by Gasteiger charge is -2.12. The Kier molecular flexibility index (Phi) is 6.34. The van der Waals surface area contributed by atoms with Crippen molar-refractivity contribution in [1.82, 2.24) is 34.2 Å². The lowest BCUT2D eigenvalue weighted by Crippen LogP contribution is -2.25. The normalized spacial score (nSPS) is 15.5. The van der Waals surface area contributed by atoms with E-state index in [1.54, 1.807) is 17.7 Å². The minimum Gasteiger partial charge on any atom is -0.342 e. The minimum absolute atomic E-state index is 0.116. The molecule has 0 bridgehead atoms. The molecule has 3 aromatic heterocycles. The number of hydrogen-bond acceptors (Lipinski definition) is 5. The lowest BCUT2D eigenvalue weighted by atomic mass is 9.97. The van der Waals surface area contributed by atoms with Gasteiger partial charge in [-0.2, -0.15) is 5.10 Å². The molecule has 6 rings (SSSR count). The molecule has 0 spiro atoms. The lowest BCUT2D eigenvalue weighted by molar-refractivity contribution is -0.127. The molecule has 1 N–H and O–H groups in total.